The summed E-state index contributed by atoms with van der Waals surface area (Å²) in [5, 5.41) is 0.512. The molecular weight excluding hydrogens is 344 g/mol. The van der Waals surface area contributed by atoms with E-state index in [4.69, 9.17) is 16.3 Å². The summed E-state index contributed by atoms with van der Waals surface area (Å²) < 4.78 is 5.20. The summed E-state index contributed by atoms with van der Waals surface area (Å²) in [5.74, 6) is -0.527. The van der Waals surface area contributed by atoms with Gasteiger partial charge in [-0.05, 0) is 49.4 Å². The molecule has 0 aromatic heterocycles. The third-order valence-electron chi connectivity index (χ3n) is 3.46. The second kappa shape index (κ2) is 8.30. The van der Waals surface area contributed by atoms with E-state index in [1.807, 2.05) is 0 Å². The minimum absolute atomic E-state index is 0.0504. The van der Waals surface area contributed by atoms with E-state index in [1.165, 1.54) is 14.0 Å². The van der Waals surface area contributed by atoms with Gasteiger partial charge in [0.2, 0.25) is 5.91 Å². The Hall–Kier alpha value is -2.86. The molecule has 0 atom stereocenters. The standard InChI is InChI=1S/C18H17ClN2O4/c1-11(22)13-5-8-16(25-2)14(9-13)10-17(23)20-21-18(24)12-3-6-15(19)7-4-12/h3-9H,10H2,1-2H3,(H,20,23)(H,21,24). The first kappa shape index (κ1) is 18.5. The third kappa shape index (κ3) is 5.06. The number of benzene rings is 2. The molecule has 0 fully saturated rings. The molecule has 2 aromatic rings. The van der Waals surface area contributed by atoms with Gasteiger partial charge in [0.15, 0.2) is 5.78 Å². The van der Waals surface area contributed by atoms with Crippen LogP contribution in [-0.4, -0.2) is 24.7 Å². The van der Waals surface area contributed by atoms with Gasteiger partial charge in [-0.2, -0.15) is 0 Å². The van der Waals surface area contributed by atoms with Crippen molar-refractivity contribution in [1.29, 1.82) is 0 Å². The van der Waals surface area contributed by atoms with Gasteiger partial charge in [-0.1, -0.05) is 11.6 Å². The van der Waals surface area contributed by atoms with E-state index in [9.17, 15) is 14.4 Å². The molecule has 130 valence electrons. The van der Waals surface area contributed by atoms with Gasteiger partial charge in [0.05, 0.1) is 13.5 Å². The SMILES string of the molecule is COc1ccc(C(C)=O)cc1CC(=O)NNC(=O)c1ccc(Cl)cc1. The Balaban J connectivity index is 2.00. The van der Waals surface area contributed by atoms with E-state index >= 15 is 0 Å². The van der Waals surface area contributed by atoms with Gasteiger partial charge in [-0.25, -0.2) is 0 Å². The molecule has 0 spiro atoms. The lowest BCUT2D eigenvalue weighted by molar-refractivity contribution is -0.121. The molecule has 25 heavy (non-hydrogen) atoms. The largest absolute Gasteiger partial charge is 0.496 e. The first-order chi connectivity index (χ1) is 11.9. The predicted molar refractivity (Wildman–Crippen MR) is 93.8 cm³/mol. The molecule has 0 saturated heterocycles. The number of rotatable bonds is 5. The van der Waals surface area contributed by atoms with Crippen LogP contribution in [0.3, 0.4) is 0 Å². The number of ether oxygens (including phenoxy) is 1. The molecular formula is C18H17ClN2O4. The molecule has 2 N–H and O–H groups in total. The fourth-order valence-electron chi connectivity index (χ4n) is 2.15. The van der Waals surface area contributed by atoms with Crippen molar-refractivity contribution >= 4 is 29.2 Å². The fraction of sp³-hybridized carbons (Fsp3) is 0.167. The van der Waals surface area contributed by atoms with Gasteiger partial charge in [0.1, 0.15) is 5.75 Å². The lowest BCUT2D eigenvalue weighted by Gasteiger charge is -2.11. The molecule has 2 rings (SSSR count). The van der Waals surface area contributed by atoms with Gasteiger partial charge < -0.3 is 4.74 Å². The van der Waals surface area contributed by atoms with Gasteiger partial charge in [0, 0.05) is 21.7 Å². The molecule has 2 amide bonds. The average molecular weight is 361 g/mol. The first-order valence-electron chi connectivity index (χ1n) is 7.43. The Morgan fingerprint density at radius 2 is 1.64 bits per heavy atom. The molecule has 0 heterocycles. The van der Waals surface area contributed by atoms with Crippen molar-refractivity contribution in [3.8, 4) is 5.75 Å². The van der Waals surface area contributed by atoms with Crippen molar-refractivity contribution in [2.45, 2.75) is 13.3 Å². The minimum atomic E-state index is -0.463. The number of hydrogen-bond acceptors (Lipinski definition) is 4. The molecule has 0 unspecified atom stereocenters. The highest BCUT2D eigenvalue weighted by atomic mass is 35.5. The lowest BCUT2D eigenvalue weighted by atomic mass is 10.0. The molecule has 0 aliphatic carbocycles. The van der Waals surface area contributed by atoms with Crippen molar-refractivity contribution in [1.82, 2.24) is 10.9 Å². The van der Waals surface area contributed by atoms with Crippen LogP contribution in [-0.2, 0) is 11.2 Å². The number of hydrogen-bond donors (Lipinski definition) is 2. The van der Waals surface area contributed by atoms with Crippen molar-refractivity contribution in [3.05, 3.63) is 64.2 Å². The number of ketones is 1. The molecule has 0 saturated carbocycles. The zero-order chi connectivity index (χ0) is 18.4. The Bertz CT molecular complexity index is 803. The summed E-state index contributed by atoms with van der Waals surface area (Å²) in [5.41, 5.74) is 6.05. The topological polar surface area (TPSA) is 84.5 Å². The van der Waals surface area contributed by atoms with Crippen LogP contribution in [0, 0.1) is 0 Å². The van der Waals surface area contributed by atoms with Crippen LogP contribution in [0.25, 0.3) is 0 Å². The summed E-state index contributed by atoms with van der Waals surface area (Å²) >= 11 is 5.76. The van der Waals surface area contributed by atoms with Crippen molar-refractivity contribution in [2.75, 3.05) is 7.11 Å². The maximum Gasteiger partial charge on any atom is 0.269 e. The number of Topliss-reactive ketones (excluding diaryl/α,β-unsaturated/α-hetero) is 1. The van der Waals surface area contributed by atoms with Gasteiger partial charge in [0.25, 0.3) is 5.91 Å². The van der Waals surface area contributed by atoms with Crippen LogP contribution in [0.15, 0.2) is 42.5 Å². The minimum Gasteiger partial charge on any atom is -0.496 e. The van der Waals surface area contributed by atoms with Crippen LogP contribution in [0.1, 0.15) is 33.2 Å². The van der Waals surface area contributed by atoms with E-state index < -0.39 is 11.8 Å². The zero-order valence-corrected chi connectivity index (χ0v) is 14.5. The quantitative estimate of drug-likeness (QED) is 0.634. The molecule has 7 heteroatoms. The van der Waals surface area contributed by atoms with Crippen LogP contribution in [0.4, 0.5) is 0 Å². The number of halogens is 1. The second-order valence-corrected chi connectivity index (χ2v) is 5.71. The number of carbonyl (C=O) groups is 3. The fourth-order valence-corrected chi connectivity index (χ4v) is 2.28. The monoisotopic (exact) mass is 360 g/mol. The second-order valence-electron chi connectivity index (χ2n) is 5.27. The summed E-state index contributed by atoms with van der Waals surface area (Å²) in [6.45, 7) is 1.44. The van der Waals surface area contributed by atoms with Crippen LogP contribution in [0.5, 0.6) is 5.75 Å². The Labute approximate surface area is 150 Å². The first-order valence-corrected chi connectivity index (χ1v) is 7.81. The van der Waals surface area contributed by atoms with Crippen LogP contribution in [0.2, 0.25) is 5.02 Å². The van der Waals surface area contributed by atoms with E-state index in [1.54, 1.807) is 42.5 Å². The van der Waals surface area contributed by atoms with Gasteiger partial charge in [-0.3, -0.25) is 25.2 Å². The van der Waals surface area contributed by atoms with Gasteiger partial charge in [-0.15, -0.1) is 0 Å². The molecule has 6 nitrogen and oxygen atoms in total. The Morgan fingerprint density at radius 1 is 1.00 bits per heavy atom. The number of methoxy groups -OCH3 is 1. The van der Waals surface area contributed by atoms with Crippen molar-refractivity contribution in [3.63, 3.8) is 0 Å². The molecule has 0 aliphatic rings. The smallest absolute Gasteiger partial charge is 0.269 e. The Morgan fingerprint density at radius 3 is 2.24 bits per heavy atom. The maximum absolute atomic E-state index is 12.1. The van der Waals surface area contributed by atoms with E-state index in [0.717, 1.165) is 0 Å². The van der Waals surface area contributed by atoms with E-state index in [0.29, 0.717) is 27.5 Å². The molecule has 2 aromatic carbocycles. The Kier molecular flexibility index (Phi) is 6.14. The molecule has 0 aliphatic heterocycles. The lowest BCUT2D eigenvalue weighted by Crippen LogP contribution is -2.42. The summed E-state index contributed by atoms with van der Waals surface area (Å²) in [7, 11) is 1.48. The van der Waals surface area contributed by atoms with Gasteiger partial charge >= 0.3 is 0 Å². The summed E-state index contributed by atoms with van der Waals surface area (Å²) in [4.78, 5) is 35.5. The van der Waals surface area contributed by atoms with Crippen LogP contribution >= 0.6 is 11.6 Å². The number of carbonyl (C=O) groups excluding carboxylic acids is 3. The highest BCUT2D eigenvalue weighted by Gasteiger charge is 2.13. The van der Waals surface area contributed by atoms with Crippen molar-refractivity contribution in [2.24, 2.45) is 0 Å². The van der Waals surface area contributed by atoms with Crippen molar-refractivity contribution < 1.29 is 19.1 Å². The number of hydrazine groups is 1. The normalized spacial score (nSPS) is 10.0. The van der Waals surface area contributed by atoms with E-state index in [-0.39, 0.29) is 12.2 Å². The number of nitrogens with one attached hydrogen (secondary N) is 2. The summed E-state index contributed by atoms with van der Waals surface area (Å²) in [6.07, 6.45) is -0.0504. The molecule has 0 bridgehead atoms. The molecule has 0 radical (unpaired) electrons. The highest BCUT2D eigenvalue weighted by molar-refractivity contribution is 6.30. The third-order valence-corrected chi connectivity index (χ3v) is 3.71. The maximum atomic E-state index is 12.1. The predicted octanol–water partition coefficient (Wildman–Crippen LogP) is 2.55. The number of amides is 2. The van der Waals surface area contributed by atoms with E-state index in [2.05, 4.69) is 10.9 Å². The highest BCUT2D eigenvalue weighted by Crippen LogP contribution is 2.20. The zero-order valence-electron chi connectivity index (χ0n) is 13.8. The van der Waals surface area contributed by atoms with Crippen LogP contribution < -0.4 is 15.6 Å². The summed E-state index contributed by atoms with van der Waals surface area (Å²) in [6, 6.07) is 11.1. The average Bonchev–Trinajstić information content (AvgIpc) is 2.60.